The van der Waals surface area contributed by atoms with E-state index in [9.17, 15) is 4.79 Å². The van der Waals surface area contributed by atoms with Crippen molar-refractivity contribution >= 4 is 39.2 Å². The number of thioether (sulfide) groups is 1. The summed E-state index contributed by atoms with van der Waals surface area (Å²) >= 11 is 3.32. The maximum Gasteiger partial charge on any atom is 0.230 e. The van der Waals surface area contributed by atoms with Gasteiger partial charge in [0.25, 0.3) is 0 Å². The van der Waals surface area contributed by atoms with Crippen molar-refractivity contribution in [2.24, 2.45) is 0 Å². The average Bonchev–Trinajstić information content (AvgIpc) is 3.05. The molecular formula is C16H21N3OS2. The molecule has 2 aromatic rings. The van der Waals surface area contributed by atoms with E-state index in [4.69, 9.17) is 0 Å². The number of amides is 1. The Morgan fingerprint density at radius 3 is 3.14 bits per heavy atom. The fourth-order valence-electron chi connectivity index (χ4n) is 2.96. The van der Waals surface area contributed by atoms with E-state index in [2.05, 4.69) is 29.1 Å². The normalized spacial score (nSPS) is 15.0. The maximum absolute atomic E-state index is 12.0. The largest absolute Gasteiger partial charge is 0.353 e. The zero-order valence-corrected chi connectivity index (χ0v) is 14.6. The van der Waals surface area contributed by atoms with Gasteiger partial charge < -0.3 is 5.32 Å². The van der Waals surface area contributed by atoms with E-state index in [1.54, 1.807) is 17.7 Å². The van der Waals surface area contributed by atoms with Gasteiger partial charge in [-0.15, -0.1) is 11.3 Å². The lowest BCUT2D eigenvalue weighted by Crippen LogP contribution is -2.33. The molecule has 0 unspecified atom stereocenters. The van der Waals surface area contributed by atoms with Crippen LogP contribution in [0.2, 0.25) is 0 Å². The van der Waals surface area contributed by atoms with Gasteiger partial charge in [0, 0.05) is 16.3 Å². The van der Waals surface area contributed by atoms with Crippen LogP contribution in [0.25, 0.3) is 10.2 Å². The summed E-state index contributed by atoms with van der Waals surface area (Å²) in [7, 11) is 0. The fourth-order valence-corrected chi connectivity index (χ4v) is 5.10. The van der Waals surface area contributed by atoms with Crippen molar-refractivity contribution in [3.8, 4) is 0 Å². The van der Waals surface area contributed by atoms with Crippen molar-refractivity contribution in [2.75, 3.05) is 5.75 Å². The Kier molecular flexibility index (Phi) is 4.98. The predicted octanol–water partition coefficient (Wildman–Crippen LogP) is 3.58. The molecule has 1 N–H and O–H groups in total. The van der Waals surface area contributed by atoms with E-state index in [0.717, 1.165) is 35.5 Å². The van der Waals surface area contributed by atoms with Crippen molar-refractivity contribution in [2.45, 2.75) is 57.0 Å². The molecule has 0 bridgehead atoms. The molecule has 1 aliphatic rings. The molecular weight excluding hydrogens is 314 g/mol. The molecule has 6 heteroatoms. The standard InChI is InChI=1S/C16H21N3OS2/c1-3-5-10(2)19-13(20)8-21-15-14-11-6-4-7-12(11)22-16(14)18-9-17-15/h9-10H,3-8H2,1-2H3,(H,19,20)/t10-/m0/s1. The van der Waals surface area contributed by atoms with Crippen LogP contribution in [-0.4, -0.2) is 27.7 Å². The Balaban J connectivity index is 1.70. The van der Waals surface area contributed by atoms with Gasteiger partial charge in [0.1, 0.15) is 16.2 Å². The Morgan fingerprint density at radius 2 is 2.32 bits per heavy atom. The number of hydrogen-bond donors (Lipinski definition) is 1. The molecule has 22 heavy (non-hydrogen) atoms. The molecule has 0 spiro atoms. The van der Waals surface area contributed by atoms with E-state index >= 15 is 0 Å². The summed E-state index contributed by atoms with van der Waals surface area (Å²) in [5.74, 6) is 0.509. The number of nitrogens with zero attached hydrogens (tertiary/aromatic N) is 2. The van der Waals surface area contributed by atoms with Gasteiger partial charge in [-0.25, -0.2) is 9.97 Å². The summed E-state index contributed by atoms with van der Waals surface area (Å²) in [5, 5.41) is 5.20. The van der Waals surface area contributed by atoms with E-state index < -0.39 is 0 Å². The maximum atomic E-state index is 12.0. The molecule has 0 saturated carbocycles. The smallest absolute Gasteiger partial charge is 0.230 e. The molecule has 4 nitrogen and oxygen atoms in total. The number of aryl methyl sites for hydroxylation is 2. The number of aromatic nitrogens is 2. The number of rotatable bonds is 6. The minimum Gasteiger partial charge on any atom is -0.353 e. The lowest BCUT2D eigenvalue weighted by atomic mass is 10.2. The highest BCUT2D eigenvalue weighted by atomic mass is 32.2. The fraction of sp³-hybridized carbons (Fsp3) is 0.562. The number of fused-ring (bicyclic) bond motifs is 3. The lowest BCUT2D eigenvalue weighted by Gasteiger charge is -2.12. The van der Waals surface area contributed by atoms with Crippen LogP contribution in [0.1, 0.15) is 43.6 Å². The zero-order valence-electron chi connectivity index (χ0n) is 13.0. The van der Waals surface area contributed by atoms with Crippen LogP contribution in [0, 0.1) is 0 Å². The van der Waals surface area contributed by atoms with Crippen LogP contribution in [-0.2, 0) is 17.6 Å². The first-order valence-electron chi connectivity index (χ1n) is 7.86. The minimum atomic E-state index is 0.0876. The van der Waals surface area contributed by atoms with Gasteiger partial charge in [-0.3, -0.25) is 4.79 Å². The second-order valence-corrected chi connectivity index (χ2v) is 7.81. The number of thiophene rings is 1. The topological polar surface area (TPSA) is 54.9 Å². The SMILES string of the molecule is CCC[C@H](C)NC(=O)CSc1ncnc2sc3c(c12)CCC3. The van der Waals surface area contributed by atoms with Gasteiger partial charge in [-0.05, 0) is 38.2 Å². The molecule has 0 fully saturated rings. The van der Waals surface area contributed by atoms with E-state index in [1.807, 2.05) is 0 Å². The van der Waals surface area contributed by atoms with E-state index in [1.165, 1.54) is 34.0 Å². The van der Waals surface area contributed by atoms with Crippen LogP contribution in [0.15, 0.2) is 11.4 Å². The average molecular weight is 335 g/mol. The first-order chi connectivity index (χ1) is 10.7. The van der Waals surface area contributed by atoms with Crippen LogP contribution in [0.5, 0.6) is 0 Å². The van der Waals surface area contributed by atoms with Crippen molar-refractivity contribution < 1.29 is 4.79 Å². The third-order valence-corrected chi connectivity index (χ3v) is 6.12. The van der Waals surface area contributed by atoms with Crippen LogP contribution in [0.4, 0.5) is 0 Å². The molecule has 1 atom stereocenters. The molecule has 1 amide bonds. The highest BCUT2D eigenvalue weighted by Crippen LogP contribution is 2.39. The molecule has 2 aromatic heterocycles. The minimum absolute atomic E-state index is 0.0876. The first-order valence-corrected chi connectivity index (χ1v) is 9.66. The molecule has 0 aromatic carbocycles. The molecule has 2 heterocycles. The summed E-state index contributed by atoms with van der Waals surface area (Å²) in [6.45, 7) is 4.19. The van der Waals surface area contributed by atoms with Gasteiger partial charge in [0.2, 0.25) is 5.91 Å². The van der Waals surface area contributed by atoms with Crippen molar-refractivity contribution in [3.63, 3.8) is 0 Å². The number of carbonyl (C=O) groups is 1. The lowest BCUT2D eigenvalue weighted by molar-refractivity contribution is -0.119. The Morgan fingerprint density at radius 1 is 1.45 bits per heavy atom. The summed E-state index contributed by atoms with van der Waals surface area (Å²) < 4.78 is 0. The monoisotopic (exact) mass is 335 g/mol. The third kappa shape index (κ3) is 3.27. The Hall–Kier alpha value is -1.14. The molecule has 1 aliphatic carbocycles. The van der Waals surface area contributed by atoms with Gasteiger partial charge >= 0.3 is 0 Å². The highest BCUT2D eigenvalue weighted by molar-refractivity contribution is 8.00. The van der Waals surface area contributed by atoms with Gasteiger partial charge in [0.15, 0.2) is 0 Å². The molecule has 0 aliphatic heterocycles. The zero-order chi connectivity index (χ0) is 15.5. The highest BCUT2D eigenvalue weighted by Gasteiger charge is 2.21. The van der Waals surface area contributed by atoms with Gasteiger partial charge in [0.05, 0.1) is 5.75 Å². The molecule has 118 valence electrons. The quantitative estimate of drug-likeness (QED) is 0.647. The number of hydrogen-bond acceptors (Lipinski definition) is 5. The summed E-state index contributed by atoms with van der Waals surface area (Å²) in [5.41, 5.74) is 1.42. The van der Waals surface area contributed by atoms with Crippen molar-refractivity contribution in [1.82, 2.24) is 15.3 Å². The van der Waals surface area contributed by atoms with Gasteiger partial charge in [-0.2, -0.15) is 0 Å². The van der Waals surface area contributed by atoms with Crippen molar-refractivity contribution in [1.29, 1.82) is 0 Å². The predicted molar refractivity (Wildman–Crippen MR) is 92.7 cm³/mol. The third-order valence-electron chi connectivity index (χ3n) is 3.94. The van der Waals surface area contributed by atoms with E-state index in [0.29, 0.717) is 5.75 Å². The summed E-state index contributed by atoms with van der Waals surface area (Å²) in [6, 6.07) is 0.244. The number of carbonyl (C=O) groups excluding carboxylic acids is 1. The molecule has 0 radical (unpaired) electrons. The van der Waals surface area contributed by atoms with E-state index in [-0.39, 0.29) is 11.9 Å². The summed E-state index contributed by atoms with van der Waals surface area (Å²) in [6.07, 6.45) is 7.24. The Bertz CT molecular complexity index is 683. The number of nitrogens with one attached hydrogen (secondary N) is 1. The van der Waals surface area contributed by atoms with Crippen LogP contribution < -0.4 is 5.32 Å². The van der Waals surface area contributed by atoms with Crippen LogP contribution >= 0.6 is 23.1 Å². The van der Waals surface area contributed by atoms with Crippen molar-refractivity contribution in [3.05, 3.63) is 16.8 Å². The van der Waals surface area contributed by atoms with Crippen LogP contribution in [0.3, 0.4) is 0 Å². The second-order valence-electron chi connectivity index (χ2n) is 5.76. The van der Waals surface area contributed by atoms with Gasteiger partial charge in [-0.1, -0.05) is 25.1 Å². The molecule has 0 saturated heterocycles. The second kappa shape index (κ2) is 6.96. The summed E-state index contributed by atoms with van der Waals surface area (Å²) in [4.78, 5) is 23.4. The Labute approximate surface area is 139 Å². The molecule has 3 rings (SSSR count). The first kappa shape index (κ1) is 15.7.